The molecule has 1 aromatic rings. The van der Waals surface area contributed by atoms with Gasteiger partial charge < -0.3 is 15.2 Å². The number of amides is 2. The van der Waals surface area contributed by atoms with Crippen LogP contribution in [-0.4, -0.2) is 36.7 Å². The Morgan fingerprint density at radius 3 is 2.52 bits per heavy atom. The smallest absolute Gasteiger partial charge is 0.303 e. The molecule has 0 bridgehead atoms. The molecule has 2 N–H and O–H groups in total. The number of nitrogens with two attached hydrogens (primary N) is 1. The minimum atomic E-state index is -1.11. The highest BCUT2D eigenvalue weighted by Crippen LogP contribution is 2.40. The Bertz CT molecular complexity index is 733. The fraction of sp³-hybridized carbons (Fsp3) is 0.444. The molecule has 1 saturated carbocycles. The number of carbonyl (C=O) groups excluding carboxylic acids is 2. The first-order valence-electron chi connectivity index (χ1n) is 8.12. The SMILES string of the molecule is C#CC(=O)N(c1ccc(OC2COC2)c(Cl)c1)C1(C(N)=O)CCCC1. The maximum atomic E-state index is 12.4. The first-order valence-corrected chi connectivity index (χ1v) is 8.50. The van der Waals surface area contributed by atoms with Gasteiger partial charge in [0.15, 0.2) is 0 Å². The Hall–Kier alpha value is -2.23. The number of benzene rings is 1. The Labute approximate surface area is 151 Å². The minimum absolute atomic E-state index is 0.0291. The molecule has 1 aliphatic carbocycles. The minimum Gasteiger partial charge on any atom is -0.484 e. The van der Waals surface area contributed by atoms with E-state index in [2.05, 4.69) is 5.92 Å². The zero-order valence-corrected chi connectivity index (χ0v) is 14.4. The molecule has 0 unspecified atom stereocenters. The van der Waals surface area contributed by atoms with E-state index >= 15 is 0 Å². The van der Waals surface area contributed by atoms with Gasteiger partial charge in [0, 0.05) is 5.69 Å². The molecule has 0 spiro atoms. The summed E-state index contributed by atoms with van der Waals surface area (Å²) in [6, 6.07) is 4.91. The van der Waals surface area contributed by atoms with Crippen LogP contribution in [-0.2, 0) is 14.3 Å². The highest BCUT2D eigenvalue weighted by atomic mass is 35.5. The van der Waals surface area contributed by atoms with Crippen molar-refractivity contribution in [1.82, 2.24) is 0 Å². The highest BCUT2D eigenvalue weighted by Gasteiger charge is 2.47. The number of primary amides is 1. The third kappa shape index (κ3) is 3.17. The molecular formula is C18H19ClN2O4. The fourth-order valence-corrected chi connectivity index (χ4v) is 3.57. The molecule has 0 radical (unpaired) electrons. The largest absolute Gasteiger partial charge is 0.484 e. The van der Waals surface area contributed by atoms with Gasteiger partial charge in [0.2, 0.25) is 5.91 Å². The van der Waals surface area contributed by atoms with Crippen LogP contribution in [0, 0.1) is 12.3 Å². The topological polar surface area (TPSA) is 81.9 Å². The monoisotopic (exact) mass is 362 g/mol. The number of anilines is 1. The van der Waals surface area contributed by atoms with Gasteiger partial charge >= 0.3 is 5.91 Å². The summed E-state index contributed by atoms with van der Waals surface area (Å²) >= 11 is 6.31. The number of carbonyl (C=O) groups is 2. The van der Waals surface area contributed by atoms with E-state index in [1.54, 1.807) is 18.2 Å². The van der Waals surface area contributed by atoms with E-state index in [4.69, 9.17) is 33.2 Å². The lowest BCUT2D eigenvalue weighted by molar-refractivity contribution is -0.126. The second kappa shape index (κ2) is 6.95. The van der Waals surface area contributed by atoms with Crippen LogP contribution in [0.5, 0.6) is 5.75 Å². The van der Waals surface area contributed by atoms with Gasteiger partial charge in [0.25, 0.3) is 0 Å². The molecule has 6 nitrogen and oxygen atoms in total. The van der Waals surface area contributed by atoms with Gasteiger partial charge in [-0.25, -0.2) is 0 Å². The van der Waals surface area contributed by atoms with Crippen LogP contribution >= 0.6 is 11.6 Å². The van der Waals surface area contributed by atoms with E-state index < -0.39 is 17.4 Å². The Kier molecular flexibility index (Phi) is 4.89. The van der Waals surface area contributed by atoms with E-state index in [0.717, 1.165) is 12.8 Å². The number of terminal acetylenes is 1. The second-order valence-corrected chi connectivity index (χ2v) is 6.69. The van der Waals surface area contributed by atoms with Crippen LogP contribution < -0.4 is 15.4 Å². The normalized spacial score (nSPS) is 18.9. The maximum absolute atomic E-state index is 12.4. The predicted molar refractivity (Wildman–Crippen MR) is 93.4 cm³/mol. The molecule has 3 rings (SSSR count). The lowest BCUT2D eigenvalue weighted by atomic mass is 9.93. The molecule has 132 valence electrons. The first-order chi connectivity index (χ1) is 12.0. The van der Waals surface area contributed by atoms with Gasteiger partial charge in [0.05, 0.1) is 18.2 Å². The van der Waals surface area contributed by atoms with E-state index in [0.29, 0.717) is 42.5 Å². The zero-order chi connectivity index (χ0) is 18.0. The van der Waals surface area contributed by atoms with Crippen molar-refractivity contribution in [1.29, 1.82) is 0 Å². The molecule has 1 aromatic carbocycles. The van der Waals surface area contributed by atoms with Gasteiger partial charge in [-0.3, -0.25) is 14.5 Å². The van der Waals surface area contributed by atoms with Crippen molar-refractivity contribution in [2.24, 2.45) is 5.73 Å². The predicted octanol–water partition coefficient (Wildman–Crippen LogP) is 1.88. The number of rotatable bonds is 5. The molecule has 2 fully saturated rings. The molecule has 2 amide bonds. The lowest BCUT2D eigenvalue weighted by Gasteiger charge is -2.37. The number of nitrogens with zero attached hydrogens (tertiary/aromatic N) is 1. The summed E-state index contributed by atoms with van der Waals surface area (Å²) < 4.78 is 10.8. The summed E-state index contributed by atoms with van der Waals surface area (Å²) in [4.78, 5) is 25.9. The number of hydrogen-bond donors (Lipinski definition) is 1. The van der Waals surface area contributed by atoms with Gasteiger partial charge in [-0.2, -0.15) is 0 Å². The number of halogens is 1. The molecule has 1 saturated heterocycles. The Morgan fingerprint density at radius 2 is 2.04 bits per heavy atom. The third-order valence-electron chi connectivity index (χ3n) is 4.72. The molecule has 1 heterocycles. The van der Waals surface area contributed by atoms with Crippen molar-refractivity contribution in [3.63, 3.8) is 0 Å². The standard InChI is InChI=1S/C18H19ClN2O4/c1-2-16(22)21(18(17(20)23)7-3-4-8-18)12-5-6-15(14(19)9-12)25-13-10-24-11-13/h1,5-6,9,13H,3-4,7-8,10-11H2,(H2,20,23). The Balaban J connectivity index is 1.96. The summed E-state index contributed by atoms with van der Waals surface area (Å²) in [5.41, 5.74) is 4.97. The molecule has 0 atom stereocenters. The van der Waals surface area contributed by atoms with E-state index in [1.807, 2.05) is 0 Å². The first kappa shape index (κ1) is 17.6. The fourth-order valence-electron chi connectivity index (χ4n) is 3.35. The van der Waals surface area contributed by atoms with Crippen molar-refractivity contribution in [3.8, 4) is 18.1 Å². The lowest BCUT2D eigenvalue weighted by Crippen LogP contribution is -2.58. The van der Waals surface area contributed by atoms with Crippen LogP contribution in [0.4, 0.5) is 5.69 Å². The average molecular weight is 363 g/mol. The van der Waals surface area contributed by atoms with Gasteiger partial charge in [-0.05, 0) is 37.0 Å². The van der Waals surface area contributed by atoms with Crippen LogP contribution in [0.15, 0.2) is 18.2 Å². The quantitative estimate of drug-likeness (QED) is 0.811. The highest BCUT2D eigenvalue weighted by molar-refractivity contribution is 6.32. The van der Waals surface area contributed by atoms with E-state index in [-0.39, 0.29) is 6.10 Å². The van der Waals surface area contributed by atoms with Gasteiger partial charge in [-0.15, -0.1) is 6.42 Å². The Morgan fingerprint density at radius 1 is 1.36 bits per heavy atom. The van der Waals surface area contributed by atoms with Crippen molar-refractivity contribution < 1.29 is 19.1 Å². The van der Waals surface area contributed by atoms with Crippen LogP contribution in [0.2, 0.25) is 5.02 Å². The van der Waals surface area contributed by atoms with E-state index in [1.165, 1.54) is 4.90 Å². The number of ether oxygens (including phenoxy) is 2. The average Bonchev–Trinajstić information content (AvgIpc) is 3.03. The van der Waals surface area contributed by atoms with Crippen LogP contribution in [0.1, 0.15) is 25.7 Å². The summed E-state index contributed by atoms with van der Waals surface area (Å²) in [5.74, 6) is 1.41. The number of hydrogen-bond acceptors (Lipinski definition) is 4. The molecule has 0 aromatic heterocycles. The van der Waals surface area contributed by atoms with Crippen molar-refractivity contribution in [2.75, 3.05) is 18.1 Å². The molecule has 25 heavy (non-hydrogen) atoms. The summed E-state index contributed by atoms with van der Waals surface area (Å²) in [7, 11) is 0. The van der Waals surface area contributed by atoms with E-state index in [9.17, 15) is 9.59 Å². The van der Waals surface area contributed by atoms with Crippen molar-refractivity contribution in [2.45, 2.75) is 37.3 Å². The van der Waals surface area contributed by atoms with Crippen molar-refractivity contribution in [3.05, 3.63) is 23.2 Å². The zero-order valence-electron chi connectivity index (χ0n) is 13.7. The third-order valence-corrected chi connectivity index (χ3v) is 5.01. The summed E-state index contributed by atoms with van der Waals surface area (Å²) in [6.07, 6.45) is 7.86. The van der Waals surface area contributed by atoms with Crippen LogP contribution in [0.3, 0.4) is 0 Å². The molecule has 1 aliphatic heterocycles. The molecular weight excluding hydrogens is 344 g/mol. The second-order valence-electron chi connectivity index (χ2n) is 6.28. The molecule has 7 heteroatoms. The van der Waals surface area contributed by atoms with Crippen LogP contribution in [0.25, 0.3) is 0 Å². The van der Waals surface area contributed by atoms with Gasteiger partial charge in [0.1, 0.15) is 17.4 Å². The summed E-state index contributed by atoms with van der Waals surface area (Å²) in [6.45, 7) is 1.04. The van der Waals surface area contributed by atoms with Crippen molar-refractivity contribution >= 4 is 29.1 Å². The van der Waals surface area contributed by atoms with Gasteiger partial charge in [-0.1, -0.05) is 24.4 Å². The summed E-state index contributed by atoms with van der Waals surface area (Å²) in [5, 5.41) is 0.330. The molecule has 2 aliphatic rings. The maximum Gasteiger partial charge on any atom is 0.303 e.